The van der Waals surface area contributed by atoms with E-state index in [9.17, 15) is 5.11 Å². The molecule has 2 N–H and O–H groups in total. The van der Waals surface area contributed by atoms with Crippen molar-refractivity contribution in [1.82, 2.24) is 14.8 Å². The Bertz CT molecular complexity index is 264. The van der Waals surface area contributed by atoms with Gasteiger partial charge in [-0.05, 0) is 0 Å². The van der Waals surface area contributed by atoms with Gasteiger partial charge in [-0.25, -0.2) is 9.67 Å². The molecule has 0 saturated carbocycles. The topological polar surface area (TPSA) is 80.4 Å². The van der Waals surface area contributed by atoms with Crippen LogP contribution in [0.4, 0.5) is 0 Å². The number of rotatable bonds is 2. The zero-order valence-electron chi connectivity index (χ0n) is 6.95. The zero-order valence-corrected chi connectivity index (χ0v) is 6.95. The van der Waals surface area contributed by atoms with Crippen molar-refractivity contribution in [1.29, 1.82) is 0 Å². The lowest BCUT2D eigenvalue weighted by Crippen LogP contribution is -2.24. The summed E-state index contributed by atoms with van der Waals surface area (Å²) in [5, 5.41) is 22.1. The minimum atomic E-state index is -0.626. The highest BCUT2D eigenvalue weighted by Gasteiger charge is 2.34. The molecule has 2 rings (SSSR count). The van der Waals surface area contributed by atoms with Crippen molar-refractivity contribution in [2.75, 3.05) is 6.61 Å². The van der Waals surface area contributed by atoms with E-state index in [2.05, 4.69) is 10.1 Å². The number of hydrogen-bond acceptors (Lipinski definition) is 5. The number of aromatic nitrogens is 3. The first-order valence-electron chi connectivity index (χ1n) is 4.09. The fraction of sp³-hybridized carbons (Fsp3) is 0.714. The van der Waals surface area contributed by atoms with Crippen molar-refractivity contribution in [3.8, 4) is 0 Å². The molecule has 0 amide bonds. The van der Waals surface area contributed by atoms with Crippen molar-refractivity contribution < 1.29 is 14.9 Å². The van der Waals surface area contributed by atoms with Gasteiger partial charge in [0.1, 0.15) is 18.8 Å². The summed E-state index contributed by atoms with van der Waals surface area (Å²) >= 11 is 0. The Kier molecular flexibility index (Phi) is 2.26. The summed E-state index contributed by atoms with van der Waals surface area (Å²) in [6, 6.07) is 0. The standard InChI is InChI=1S/C7H11N3O3/c11-2-6-5(12)1-7(13-6)10-4-8-3-9-10/h3-7,11-12H,1-2H2. The molecule has 1 aromatic heterocycles. The molecule has 1 fully saturated rings. The maximum atomic E-state index is 9.41. The molecule has 13 heavy (non-hydrogen) atoms. The Hall–Kier alpha value is -0.980. The highest BCUT2D eigenvalue weighted by Crippen LogP contribution is 2.27. The van der Waals surface area contributed by atoms with Crippen LogP contribution in [0.1, 0.15) is 12.6 Å². The van der Waals surface area contributed by atoms with Crippen molar-refractivity contribution in [2.45, 2.75) is 24.9 Å². The first-order valence-corrected chi connectivity index (χ1v) is 4.09. The van der Waals surface area contributed by atoms with Crippen LogP contribution in [0.15, 0.2) is 12.7 Å². The average molecular weight is 185 g/mol. The lowest BCUT2D eigenvalue weighted by Gasteiger charge is -2.11. The quantitative estimate of drug-likeness (QED) is 0.612. The van der Waals surface area contributed by atoms with Crippen LogP contribution in [-0.4, -0.2) is 43.8 Å². The van der Waals surface area contributed by atoms with Crippen molar-refractivity contribution in [3.63, 3.8) is 0 Å². The largest absolute Gasteiger partial charge is 0.394 e. The van der Waals surface area contributed by atoms with Gasteiger partial charge in [-0.15, -0.1) is 0 Å². The van der Waals surface area contributed by atoms with Gasteiger partial charge in [-0.3, -0.25) is 0 Å². The van der Waals surface area contributed by atoms with E-state index in [-0.39, 0.29) is 12.8 Å². The van der Waals surface area contributed by atoms with Crippen LogP contribution < -0.4 is 0 Å². The van der Waals surface area contributed by atoms with Crippen LogP contribution in [0.2, 0.25) is 0 Å². The molecule has 0 spiro atoms. The third-order valence-electron chi connectivity index (χ3n) is 2.12. The monoisotopic (exact) mass is 185 g/mol. The van der Waals surface area contributed by atoms with Crippen LogP contribution in [0.5, 0.6) is 0 Å². The Morgan fingerprint density at radius 2 is 2.46 bits per heavy atom. The third kappa shape index (κ3) is 1.55. The smallest absolute Gasteiger partial charge is 0.155 e. The van der Waals surface area contributed by atoms with Crippen LogP contribution in [0.25, 0.3) is 0 Å². The molecule has 6 nitrogen and oxygen atoms in total. The van der Waals surface area contributed by atoms with Gasteiger partial charge in [0.05, 0.1) is 12.7 Å². The average Bonchev–Trinajstić information content (AvgIpc) is 2.71. The summed E-state index contributed by atoms with van der Waals surface area (Å²) in [7, 11) is 0. The predicted octanol–water partition coefficient (Wildman–Crippen LogP) is -1.08. The molecule has 2 heterocycles. The molecule has 0 radical (unpaired) electrons. The van der Waals surface area contributed by atoms with Crippen LogP contribution in [0.3, 0.4) is 0 Å². The van der Waals surface area contributed by atoms with E-state index in [4.69, 9.17) is 9.84 Å². The fourth-order valence-electron chi connectivity index (χ4n) is 1.41. The number of aliphatic hydroxyl groups excluding tert-OH is 2. The molecule has 1 aromatic rings. The SMILES string of the molecule is OCC1OC(n2cncn2)CC1O. The predicted molar refractivity (Wildman–Crippen MR) is 41.6 cm³/mol. The Morgan fingerprint density at radius 1 is 1.62 bits per heavy atom. The number of ether oxygens (including phenoxy) is 1. The summed E-state index contributed by atoms with van der Waals surface area (Å²) in [5.41, 5.74) is 0. The third-order valence-corrected chi connectivity index (χ3v) is 2.12. The molecule has 0 aliphatic carbocycles. The van der Waals surface area contributed by atoms with Crippen LogP contribution >= 0.6 is 0 Å². The van der Waals surface area contributed by atoms with E-state index >= 15 is 0 Å². The Labute approximate surface area is 74.8 Å². The zero-order chi connectivity index (χ0) is 9.26. The summed E-state index contributed by atoms with van der Waals surface area (Å²) in [5.74, 6) is 0. The van der Waals surface area contributed by atoms with Gasteiger partial charge in [0.25, 0.3) is 0 Å². The number of hydrogen-bond donors (Lipinski definition) is 2. The second-order valence-electron chi connectivity index (χ2n) is 2.99. The van der Waals surface area contributed by atoms with Gasteiger partial charge in [-0.2, -0.15) is 5.10 Å². The highest BCUT2D eigenvalue weighted by molar-refractivity contribution is 4.79. The summed E-state index contributed by atoms with van der Waals surface area (Å²) in [6.45, 7) is -0.174. The molecule has 6 heteroatoms. The van der Waals surface area contributed by atoms with Crippen molar-refractivity contribution in [3.05, 3.63) is 12.7 Å². The molecular weight excluding hydrogens is 174 g/mol. The lowest BCUT2D eigenvalue weighted by molar-refractivity contribution is -0.0485. The molecule has 72 valence electrons. The Balaban J connectivity index is 2.05. The lowest BCUT2D eigenvalue weighted by atomic mass is 10.2. The Morgan fingerprint density at radius 3 is 3.00 bits per heavy atom. The van der Waals surface area contributed by atoms with E-state index in [1.807, 2.05) is 0 Å². The van der Waals surface area contributed by atoms with Gasteiger partial charge in [0.15, 0.2) is 6.23 Å². The normalized spacial score (nSPS) is 33.8. The van der Waals surface area contributed by atoms with Gasteiger partial charge >= 0.3 is 0 Å². The minimum absolute atomic E-state index is 0.174. The summed E-state index contributed by atoms with van der Waals surface area (Å²) in [6.07, 6.45) is 1.93. The molecule has 0 bridgehead atoms. The van der Waals surface area contributed by atoms with Crippen molar-refractivity contribution >= 4 is 0 Å². The maximum absolute atomic E-state index is 9.41. The van der Waals surface area contributed by atoms with E-state index in [0.29, 0.717) is 6.42 Å². The van der Waals surface area contributed by atoms with E-state index in [0.717, 1.165) is 0 Å². The molecule has 1 aliphatic heterocycles. The summed E-state index contributed by atoms with van der Waals surface area (Å²) < 4.78 is 6.85. The maximum Gasteiger partial charge on any atom is 0.155 e. The molecule has 3 atom stereocenters. The van der Waals surface area contributed by atoms with E-state index in [1.165, 1.54) is 17.3 Å². The van der Waals surface area contributed by atoms with Crippen molar-refractivity contribution in [2.24, 2.45) is 0 Å². The van der Waals surface area contributed by atoms with E-state index < -0.39 is 12.2 Å². The van der Waals surface area contributed by atoms with Gasteiger partial charge in [0, 0.05) is 6.42 Å². The van der Waals surface area contributed by atoms with Gasteiger partial charge in [0.2, 0.25) is 0 Å². The fourth-order valence-corrected chi connectivity index (χ4v) is 1.41. The van der Waals surface area contributed by atoms with Gasteiger partial charge in [-0.1, -0.05) is 0 Å². The van der Waals surface area contributed by atoms with Crippen LogP contribution in [0, 0.1) is 0 Å². The van der Waals surface area contributed by atoms with Crippen LogP contribution in [-0.2, 0) is 4.74 Å². The second kappa shape index (κ2) is 3.41. The molecule has 1 aliphatic rings. The first kappa shape index (κ1) is 8.61. The highest BCUT2D eigenvalue weighted by atomic mass is 16.5. The second-order valence-corrected chi connectivity index (χ2v) is 2.99. The molecule has 1 saturated heterocycles. The van der Waals surface area contributed by atoms with E-state index in [1.54, 1.807) is 0 Å². The van der Waals surface area contributed by atoms with Gasteiger partial charge < -0.3 is 14.9 Å². The number of nitrogens with zero attached hydrogens (tertiary/aromatic N) is 3. The molecule has 3 unspecified atom stereocenters. The molecule has 0 aromatic carbocycles. The number of aliphatic hydroxyl groups is 2. The first-order chi connectivity index (χ1) is 6.31. The molecular formula is C7H11N3O3. The minimum Gasteiger partial charge on any atom is -0.394 e. The summed E-state index contributed by atoms with van der Waals surface area (Å²) in [4.78, 5) is 3.77.